The minimum atomic E-state index is -0.530. The molecule has 5 heteroatoms. The molecular weight excluding hydrogens is 322 g/mol. The van der Waals surface area contributed by atoms with Gasteiger partial charge in [0.05, 0.1) is 17.7 Å². The van der Waals surface area contributed by atoms with Crippen molar-refractivity contribution in [3.05, 3.63) is 35.9 Å². The minimum absolute atomic E-state index is 0. The highest BCUT2D eigenvalue weighted by atomic mass is 32.1. The van der Waals surface area contributed by atoms with Gasteiger partial charge < -0.3 is 14.8 Å². The summed E-state index contributed by atoms with van der Waals surface area (Å²) in [6.45, 7) is 13.7. The number of benzene rings is 1. The van der Waals surface area contributed by atoms with Crippen LogP contribution in [0.5, 0.6) is 0 Å². The Labute approximate surface area is 153 Å². The van der Waals surface area contributed by atoms with Crippen molar-refractivity contribution in [1.29, 1.82) is 0 Å². The summed E-state index contributed by atoms with van der Waals surface area (Å²) in [6, 6.07) is 9.62. The van der Waals surface area contributed by atoms with Gasteiger partial charge in [-0.05, 0) is 53.5 Å². The number of carbonyl (C=O) groups excluding carboxylic acids is 1. The molecule has 4 nitrogen and oxygen atoms in total. The van der Waals surface area contributed by atoms with Crippen molar-refractivity contribution in [3.8, 4) is 0 Å². The molecule has 0 aromatic heterocycles. The maximum atomic E-state index is 12.2. The van der Waals surface area contributed by atoms with Crippen LogP contribution in [0.1, 0.15) is 66.5 Å². The highest BCUT2D eigenvalue weighted by Crippen LogP contribution is 2.26. The van der Waals surface area contributed by atoms with Gasteiger partial charge in [-0.25, -0.2) is 4.79 Å². The summed E-state index contributed by atoms with van der Waals surface area (Å²) in [4.78, 5) is 12.2. The lowest BCUT2D eigenvalue weighted by Gasteiger charge is -2.34. The Hall–Kier alpha value is -1.20. The molecular formula is C19H33NO3S. The number of hydrogen-bond donors (Lipinski definition) is 1. The van der Waals surface area contributed by atoms with Gasteiger partial charge in [0.2, 0.25) is 0 Å². The van der Waals surface area contributed by atoms with Gasteiger partial charge in [0.1, 0.15) is 5.60 Å². The van der Waals surface area contributed by atoms with Crippen molar-refractivity contribution in [2.75, 3.05) is 0 Å². The summed E-state index contributed by atoms with van der Waals surface area (Å²) in [6.07, 6.45) is 0.222. The first-order valence-corrected chi connectivity index (χ1v) is 8.24. The van der Waals surface area contributed by atoms with E-state index in [1.165, 1.54) is 0 Å². The zero-order chi connectivity index (χ0) is 17.7. The molecule has 1 rings (SSSR count). The Kier molecular flexibility index (Phi) is 8.86. The van der Waals surface area contributed by atoms with E-state index in [0.29, 0.717) is 0 Å². The summed E-state index contributed by atoms with van der Waals surface area (Å²) >= 11 is 0. The monoisotopic (exact) mass is 355 g/mol. The minimum Gasteiger partial charge on any atom is -0.444 e. The first kappa shape index (κ1) is 22.8. The lowest BCUT2D eigenvalue weighted by molar-refractivity contribution is -0.0777. The molecule has 1 aromatic carbocycles. The summed E-state index contributed by atoms with van der Waals surface area (Å²) < 4.78 is 11.6. The van der Waals surface area contributed by atoms with E-state index in [2.05, 4.69) is 12.2 Å². The third kappa shape index (κ3) is 8.60. The normalized spacial score (nSPS) is 14.3. The van der Waals surface area contributed by atoms with Crippen LogP contribution in [0.2, 0.25) is 0 Å². The Morgan fingerprint density at radius 2 is 1.58 bits per heavy atom. The van der Waals surface area contributed by atoms with Gasteiger partial charge in [-0.3, -0.25) is 0 Å². The molecule has 0 radical (unpaired) electrons. The number of ether oxygens (including phenoxy) is 2. The zero-order valence-electron chi connectivity index (χ0n) is 16.0. The highest BCUT2D eigenvalue weighted by molar-refractivity contribution is 7.59. The molecule has 0 spiro atoms. The van der Waals surface area contributed by atoms with Crippen LogP contribution >= 0.6 is 13.5 Å². The van der Waals surface area contributed by atoms with Crippen molar-refractivity contribution >= 4 is 19.6 Å². The lowest BCUT2D eigenvalue weighted by Crippen LogP contribution is -2.42. The molecule has 0 unspecified atom stereocenters. The van der Waals surface area contributed by atoms with Crippen LogP contribution in [0, 0.1) is 0 Å². The average Bonchev–Trinajstić information content (AvgIpc) is 2.40. The van der Waals surface area contributed by atoms with Crippen molar-refractivity contribution in [2.45, 2.75) is 78.2 Å². The molecule has 0 bridgehead atoms. The van der Waals surface area contributed by atoms with Crippen LogP contribution in [0.25, 0.3) is 0 Å². The molecule has 138 valence electrons. The molecule has 1 N–H and O–H groups in total. The van der Waals surface area contributed by atoms with Crippen LogP contribution in [0.3, 0.4) is 0 Å². The van der Waals surface area contributed by atoms with Crippen LogP contribution in [-0.4, -0.2) is 23.4 Å². The molecule has 0 aliphatic carbocycles. The van der Waals surface area contributed by atoms with Crippen molar-refractivity contribution in [2.24, 2.45) is 0 Å². The first-order valence-electron chi connectivity index (χ1n) is 8.24. The third-order valence-electron chi connectivity index (χ3n) is 3.11. The second-order valence-electron chi connectivity index (χ2n) is 7.71. The highest BCUT2D eigenvalue weighted by Gasteiger charge is 2.29. The Balaban J connectivity index is 0.00000529. The molecule has 1 amide bonds. The van der Waals surface area contributed by atoms with E-state index in [4.69, 9.17) is 9.47 Å². The summed E-state index contributed by atoms with van der Waals surface area (Å²) in [5.41, 5.74) is 0.191. The van der Waals surface area contributed by atoms with E-state index in [1.54, 1.807) is 0 Å². The fraction of sp³-hybridized carbons (Fsp3) is 0.632. The van der Waals surface area contributed by atoms with Gasteiger partial charge in [0, 0.05) is 0 Å². The summed E-state index contributed by atoms with van der Waals surface area (Å²) in [7, 11) is 0. The summed E-state index contributed by atoms with van der Waals surface area (Å²) in [5.74, 6) is 0. The van der Waals surface area contributed by atoms with Gasteiger partial charge >= 0.3 is 6.09 Å². The standard InChI is InChI=1S/C19H31NO3.H2S/c1-8-15(22-18(2,3)4)16(14-12-10-9-11-13-14)20-17(21)23-19(5,6)7;/h9-13,15-16H,8H2,1-7H3,(H,20,21);1H2/t15-,16+;/m0./s1. The van der Waals surface area contributed by atoms with E-state index < -0.39 is 11.7 Å². The van der Waals surface area contributed by atoms with Crippen molar-refractivity contribution < 1.29 is 14.3 Å². The average molecular weight is 356 g/mol. The van der Waals surface area contributed by atoms with Gasteiger partial charge in [-0.2, -0.15) is 13.5 Å². The fourth-order valence-corrected chi connectivity index (χ4v) is 2.33. The Morgan fingerprint density at radius 1 is 1.04 bits per heavy atom. The summed E-state index contributed by atoms with van der Waals surface area (Å²) in [5, 5.41) is 2.98. The van der Waals surface area contributed by atoms with Crippen molar-refractivity contribution in [3.63, 3.8) is 0 Å². The van der Waals surface area contributed by atoms with Crippen molar-refractivity contribution in [1.82, 2.24) is 5.32 Å². The number of amides is 1. The largest absolute Gasteiger partial charge is 0.444 e. The first-order chi connectivity index (χ1) is 10.5. The molecule has 0 saturated carbocycles. The van der Waals surface area contributed by atoms with Gasteiger partial charge in [-0.15, -0.1) is 0 Å². The second-order valence-corrected chi connectivity index (χ2v) is 7.71. The van der Waals surface area contributed by atoms with E-state index in [1.807, 2.05) is 71.9 Å². The third-order valence-corrected chi connectivity index (χ3v) is 3.11. The lowest BCUT2D eigenvalue weighted by atomic mass is 9.98. The maximum Gasteiger partial charge on any atom is 0.408 e. The van der Waals surface area contributed by atoms with Gasteiger partial charge in [0.15, 0.2) is 0 Å². The molecule has 1 aromatic rings. The van der Waals surface area contributed by atoms with Crippen LogP contribution in [-0.2, 0) is 9.47 Å². The molecule has 24 heavy (non-hydrogen) atoms. The smallest absolute Gasteiger partial charge is 0.408 e. The maximum absolute atomic E-state index is 12.2. The predicted octanol–water partition coefficient (Wildman–Crippen LogP) is 4.96. The number of alkyl carbamates (subject to hydrolysis) is 1. The molecule has 0 heterocycles. The Morgan fingerprint density at radius 3 is 2.00 bits per heavy atom. The molecule has 0 saturated heterocycles. The van der Waals surface area contributed by atoms with Crippen LogP contribution in [0.4, 0.5) is 4.79 Å². The Bertz CT molecular complexity index is 492. The van der Waals surface area contributed by atoms with E-state index in [0.717, 1.165) is 12.0 Å². The predicted molar refractivity (Wildman–Crippen MR) is 104 cm³/mol. The molecule has 0 aliphatic heterocycles. The van der Waals surface area contributed by atoms with E-state index >= 15 is 0 Å². The molecule has 2 atom stereocenters. The molecule has 0 aliphatic rings. The van der Waals surface area contributed by atoms with Crippen LogP contribution < -0.4 is 5.32 Å². The van der Waals surface area contributed by atoms with E-state index in [9.17, 15) is 4.79 Å². The molecule has 0 fully saturated rings. The fourth-order valence-electron chi connectivity index (χ4n) is 2.33. The SMILES string of the molecule is CC[C@H](OC(C)(C)C)[C@H](NC(=O)OC(C)(C)C)c1ccccc1.S. The van der Waals surface area contributed by atoms with E-state index in [-0.39, 0.29) is 31.2 Å². The topological polar surface area (TPSA) is 47.6 Å². The zero-order valence-corrected chi connectivity index (χ0v) is 17.0. The van der Waals surface area contributed by atoms with Gasteiger partial charge in [-0.1, -0.05) is 37.3 Å². The number of nitrogens with one attached hydrogen (secondary N) is 1. The quantitative estimate of drug-likeness (QED) is 0.812. The second kappa shape index (κ2) is 9.33. The van der Waals surface area contributed by atoms with Crippen LogP contribution in [0.15, 0.2) is 30.3 Å². The number of hydrogen-bond acceptors (Lipinski definition) is 3. The van der Waals surface area contributed by atoms with Gasteiger partial charge in [0.25, 0.3) is 0 Å². The number of rotatable bonds is 5. The number of carbonyl (C=O) groups is 1.